The number of H-pyrrole nitrogens is 1. The molecule has 9 nitrogen and oxygen atoms in total. The maximum absolute atomic E-state index is 13.7. The second-order valence-corrected chi connectivity index (χ2v) is 10.3. The van der Waals surface area contributed by atoms with Crippen molar-refractivity contribution in [2.75, 3.05) is 0 Å². The number of aromatic nitrogens is 4. The van der Waals surface area contributed by atoms with E-state index in [1.54, 1.807) is 0 Å². The summed E-state index contributed by atoms with van der Waals surface area (Å²) >= 11 is 0. The maximum atomic E-state index is 13.7. The summed E-state index contributed by atoms with van der Waals surface area (Å²) in [6, 6.07) is 15.7. The molecule has 1 aliphatic heterocycles. The fourth-order valence-electron chi connectivity index (χ4n) is 5.32. The SMILES string of the molecule is CCCc1nc(C)n(OC2C[C@@H](C)O[C@@H](C)C2)c(=O)c1Cc1ccc(-c2ccccc2-c2noc(=O)[nH]2)cc1. The van der Waals surface area contributed by atoms with Crippen molar-refractivity contribution in [2.24, 2.45) is 0 Å². The number of benzene rings is 2. The van der Waals surface area contributed by atoms with E-state index in [4.69, 9.17) is 19.1 Å². The van der Waals surface area contributed by atoms with Crippen LogP contribution in [0.5, 0.6) is 0 Å². The zero-order valence-electron chi connectivity index (χ0n) is 22.8. The van der Waals surface area contributed by atoms with Gasteiger partial charge in [0.15, 0.2) is 5.82 Å². The number of aryl methyl sites for hydroxylation is 2. The van der Waals surface area contributed by atoms with Crippen molar-refractivity contribution in [2.45, 2.75) is 78.1 Å². The topological polar surface area (TPSA) is 112 Å². The van der Waals surface area contributed by atoms with Crippen LogP contribution in [0.3, 0.4) is 0 Å². The molecule has 1 saturated heterocycles. The number of ether oxygens (including phenoxy) is 1. The Kier molecular flexibility index (Phi) is 7.79. The minimum absolute atomic E-state index is 0.0785. The molecular weight excluding hydrogens is 496 g/mol. The van der Waals surface area contributed by atoms with Gasteiger partial charge in [0, 0.05) is 30.4 Å². The molecule has 0 aliphatic carbocycles. The highest BCUT2D eigenvalue weighted by molar-refractivity contribution is 5.80. The standard InChI is InChI=1S/C30H34N4O5/c1-5-8-27-26(29(35)34(20(4)31-27)39-23-15-18(2)37-19(3)16-23)17-21-11-13-22(14-12-21)24-9-6-7-10-25(24)28-32-30(36)38-33-28/h6-7,9-14,18-19,23H,5,8,15-17H2,1-4H3,(H,32,33,36)/t18-,19+,23?. The van der Waals surface area contributed by atoms with Crippen LogP contribution >= 0.6 is 0 Å². The average Bonchev–Trinajstić information content (AvgIpc) is 3.35. The quantitative estimate of drug-likeness (QED) is 0.357. The van der Waals surface area contributed by atoms with E-state index >= 15 is 0 Å². The lowest BCUT2D eigenvalue weighted by Gasteiger charge is -2.32. The minimum atomic E-state index is -0.597. The molecule has 3 heterocycles. The number of aromatic amines is 1. The van der Waals surface area contributed by atoms with E-state index < -0.39 is 5.76 Å². The third kappa shape index (κ3) is 5.88. The van der Waals surface area contributed by atoms with Crippen LogP contribution < -0.4 is 16.2 Å². The summed E-state index contributed by atoms with van der Waals surface area (Å²) in [6.45, 7) is 7.97. The molecule has 0 amide bonds. The van der Waals surface area contributed by atoms with Gasteiger partial charge in [0.05, 0.1) is 17.9 Å². The van der Waals surface area contributed by atoms with Gasteiger partial charge < -0.3 is 9.57 Å². The summed E-state index contributed by atoms with van der Waals surface area (Å²) < 4.78 is 11.9. The minimum Gasteiger partial charge on any atom is -0.406 e. The van der Waals surface area contributed by atoms with E-state index in [1.165, 1.54) is 4.73 Å². The highest BCUT2D eigenvalue weighted by atomic mass is 16.7. The zero-order chi connectivity index (χ0) is 27.5. The molecule has 9 heteroatoms. The van der Waals surface area contributed by atoms with Crippen LogP contribution in [0, 0.1) is 6.92 Å². The Bertz CT molecular complexity index is 1540. The number of hydrogen-bond acceptors (Lipinski definition) is 7. The molecule has 1 aliphatic rings. The van der Waals surface area contributed by atoms with Crippen molar-refractivity contribution >= 4 is 0 Å². The number of rotatable bonds is 8. The molecule has 1 unspecified atom stereocenters. The Morgan fingerprint density at radius 3 is 2.36 bits per heavy atom. The molecule has 1 N–H and O–H groups in total. The molecule has 5 rings (SSSR count). The summed E-state index contributed by atoms with van der Waals surface area (Å²) in [6.07, 6.45) is 3.57. The van der Waals surface area contributed by atoms with Crippen LogP contribution in [0.25, 0.3) is 22.5 Å². The molecule has 0 spiro atoms. The Labute approximate surface area is 226 Å². The average molecular weight is 531 g/mol. The largest absolute Gasteiger partial charge is 0.439 e. The lowest BCUT2D eigenvalue weighted by atomic mass is 9.96. The normalized spacial score (nSPS) is 19.2. The monoisotopic (exact) mass is 530 g/mol. The van der Waals surface area contributed by atoms with Gasteiger partial charge >= 0.3 is 5.76 Å². The Balaban J connectivity index is 1.44. The first kappa shape index (κ1) is 26.6. The lowest BCUT2D eigenvalue weighted by molar-refractivity contribution is -0.107. The van der Waals surface area contributed by atoms with Crippen molar-refractivity contribution < 1.29 is 14.1 Å². The van der Waals surface area contributed by atoms with Gasteiger partial charge in [0.1, 0.15) is 11.9 Å². The Morgan fingerprint density at radius 2 is 1.72 bits per heavy atom. The predicted octanol–water partition coefficient (Wildman–Crippen LogP) is 4.49. The molecule has 2 aromatic heterocycles. The van der Waals surface area contributed by atoms with Crippen molar-refractivity contribution in [3.63, 3.8) is 0 Å². The van der Waals surface area contributed by atoms with Gasteiger partial charge in [-0.1, -0.05) is 67.0 Å². The van der Waals surface area contributed by atoms with Gasteiger partial charge in [-0.2, -0.15) is 0 Å². The third-order valence-corrected chi connectivity index (χ3v) is 7.05. The van der Waals surface area contributed by atoms with Crippen LogP contribution in [0.4, 0.5) is 0 Å². The summed E-state index contributed by atoms with van der Waals surface area (Å²) in [7, 11) is 0. The molecule has 4 aromatic rings. The van der Waals surface area contributed by atoms with Crippen molar-refractivity contribution in [3.05, 3.63) is 92.1 Å². The summed E-state index contributed by atoms with van der Waals surface area (Å²) in [5, 5.41) is 3.84. The third-order valence-electron chi connectivity index (χ3n) is 7.05. The number of nitrogens with zero attached hydrogens (tertiary/aromatic N) is 3. The fraction of sp³-hybridized carbons (Fsp3) is 0.400. The predicted molar refractivity (Wildman–Crippen MR) is 148 cm³/mol. The molecular formula is C30H34N4O5. The summed E-state index contributed by atoms with van der Waals surface area (Å²) in [4.78, 5) is 38.9. The molecule has 2 aromatic carbocycles. The molecule has 0 bridgehead atoms. The van der Waals surface area contributed by atoms with Gasteiger partial charge in [-0.25, -0.2) is 9.78 Å². The van der Waals surface area contributed by atoms with Crippen molar-refractivity contribution in [1.29, 1.82) is 0 Å². The Morgan fingerprint density at radius 1 is 1.03 bits per heavy atom. The molecule has 1 fully saturated rings. The lowest BCUT2D eigenvalue weighted by Crippen LogP contribution is -2.43. The van der Waals surface area contributed by atoms with Gasteiger partial charge in [0.25, 0.3) is 5.56 Å². The van der Waals surface area contributed by atoms with Crippen LogP contribution in [-0.4, -0.2) is 38.2 Å². The fourth-order valence-corrected chi connectivity index (χ4v) is 5.32. The van der Waals surface area contributed by atoms with Crippen LogP contribution in [0.1, 0.15) is 62.7 Å². The molecule has 0 saturated carbocycles. The zero-order valence-corrected chi connectivity index (χ0v) is 22.8. The van der Waals surface area contributed by atoms with Crippen LogP contribution in [-0.2, 0) is 17.6 Å². The van der Waals surface area contributed by atoms with E-state index in [9.17, 15) is 9.59 Å². The van der Waals surface area contributed by atoms with E-state index in [1.807, 2.05) is 69.3 Å². The highest BCUT2D eigenvalue weighted by Crippen LogP contribution is 2.30. The molecule has 204 valence electrons. The number of hydrogen-bond donors (Lipinski definition) is 1. The first-order chi connectivity index (χ1) is 18.8. The second-order valence-electron chi connectivity index (χ2n) is 10.3. The van der Waals surface area contributed by atoms with E-state index in [2.05, 4.69) is 17.1 Å². The van der Waals surface area contributed by atoms with Crippen molar-refractivity contribution in [3.8, 4) is 22.5 Å². The Hall–Kier alpha value is -3.98. The summed E-state index contributed by atoms with van der Waals surface area (Å²) in [5.41, 5.74) is 4.95. The van der Waals surface area contributed by atoms with Crippen molar-refractivity contribution in [1.82, 2.24) is 19.9 Å². The first-order valence-electron chi connectivity index (χ1n) is 13.5. The van der Waals surface area contributed by atoms with Gasteiger partial charge in [0.2, 0.25) is 0 Å². The van der Waals surface area contributed by atoms with Gasteiger partial charge in [-0.15, -0.1) is 4.73 Å². The highest BCUT2D eigenvalue weighted by Gasteiger charge is 2.28. The molecule has 3 atom stereocenters. The number of nitrogens with one attached hydrogen (secondary N) is 1. The second kappa shape index (κ2) is 11.4. The van der Waals surface area contributed by atoms with E-state index in [0.29, 0.717) is 23.6 Å². The van der Waals surface area contributed by atoms with Crippen LogP contribution in [0.15, 0.2) is 62.6 Å². The van der Waals surface area contributed by atoms with E-state index in [0.717, 1.165) is 53.6 Å². The smallest absolute Gasteiger partial charge is 0.406 e. The van der Waals surface area contributed by atoms with Gasteiger partial charge in [-0.05, 0) is 43.9 Å². The molecule has 39 heavy (non-hydrogen) atoms. The molecule has 0 radical (unpaired) electrons. The van der Waals surface area contributed by atoms with E-state index in [-0.39, 0.29) is 23.9 Å². The first-order valence-corrected chi connectivity index (χ1v) is 13.5. The van der Waals surface area contributed by atoms with Gasteiger partial charge in [-0.3, -0.25) is 14.3 Å². The van der Waals surface area contributed by atoms with Crippen LogP contribution in [0.2, 0.25) is 0 Å². The summed E-state index contributed by atoms with van der Waals surface area (Å²) in [5.74, 6) is 0.348. The maximum Gasteiger partial charge on any atom is 0.439 e.